The Hall–Kier alpha value is -2.39. The molecule has 0 radical (unpaired) electrons. The Balaban J connectivity index is 2.32. The van der Waals surface area contributed by atoms with Crippen LogP contribution in [0.2, 0.25) is 10.0 Å². The van der Waals surface area contributed by atoms with E-state index in [0.29, 0.717) is 19.1 Å². The highest BCUT2D eigenvalue weighted by Gasteiger charge is 2.53. The second-order valence-electron chi connectivity index (χ2n) is 5.57. The molecule has 2 aromatic carbocycles. The Morgan fingerprint density at radius 3 is 1.96 bits per heavy atom. The van der Waals surface area contributed by atoms with Gasteiger partial charge in [-0.1, -0.05) is 23.2 Å². The molecule has 5 nitrogen and oxygen atoms in total. The molecule has 0 aromatic heterocycles. The normalized spacial score (nSPS) is 13.7. The van der Waals surface area contributed by atoms with E-state index in [0.717, 1.165) is 12.1 Å². The number of carbonyl (C=O) groups excluding carboxylic acids is 1. The summed E-state index contributed by atoms with van der Waals surface area (Å²) in [6, 6.07) is 5.97. The Morgan fingerprint density at radius 1 is 1.07 bits per heavy atom. The summed E-state index contributed by atoms with van der Waals surface area (Å²) in [5.74, 6) is -0.764. The SMILES string of the molecule is CC(F)(c1cc(Cl)c(NC(=O)c2ccc([N+](=O)[O-])cc2)c(Cl)c1)C(F)(F)F. The molecule has 1 N–H and O–H groups in total. The fraction of sp³-hybridized carbons (Fsp3) is 0.188. The summed E-state index contributed by atoms with van der Waals surface area (Å²) in [5.41, 5.74) is -4.95. The molecule has 144 valence electrons. The first-order valence-electron chi connectivity index (χ1n) is 7.15. The van der Waals surface area contributed by atoms with Crippen molar-refractivity contribution in [2.75, 3.05) is 5.32 Å². The number of alkyl halides is 4. The first-order valence-corrected chi connectivity index (χ1v) is 7.91. The summed E-state index contributed by atoms with van der Waals surface area (Å²) in [6.07, 6.45) is -5.19. The molecule has 1 atom stereocenters. The highest BCUT2D eigenvalue weighted by Crippen LogP contribution is 2.45. The van der Waals surface area contributed by atoms with E-state index < -0.39 is 38.3 Å². The van der Waals surface area contributed by atoms with Crippen LogP contribution >= 0.6 is 23.2 Å². The largest absolute Gasteiger partial charge is 0.426 e. The number of rotatable bonds is 4. The van der Waals surface area contributed by atoms with Gasteiger partial charge in [0, 0.05) is 23.3 Å². The van der Waals surface area contributed by atoms with Crippen molar-refractivity contribution < 1.29 is 27.3 Å². The maximum absolute atomic E-state index is 14.1. The topological polar surface area (TPSA) is 72.2 Å². The molecule has 1 unspecified atom stereocenters. The van der Waals surface area contributed by atoms with Crippen LogP contribution in [0.5, 0.6) is 0 Å². The lowest BCUT2D eigenvalue weighted by molar-refractivity contribution is -0.384. The number of amides is 1. The van der Waals surface area contributed by atoms with Crippen LogP contribution in [-0.4, -0.2) is 17.0 Å². The quantitative estimate of drug-likeness (QED) is 0.377. The van der Waals surface area contributed by atoms with Crippen LogP contribution in [0.15, 0.2) is 36.4 Å². The van der Waals surface area contributed by atoms with Gasteiger partial charge in [0.05, 0.1) is 20.7 Å². The predicted octanol–water partition coefficient (Wildman–Crippen LogP) is 5.90. The standard InChI is InChI=1S/C16H10Cl2F4N2O3/c1-15(19,16(20,21)22)9-6-11(17)13(12(18)7-9)23-14(25)8-2-4-10(5-3-8)24(26)27/h2-7H,1H3,(H,23,25). The molecule has 0 saturated heterocycles. The van der Waals surface area contributed by atoms with Crippen molar-refractivity contribution in [3.05, 3.63) is 67.7 Å². The molecule has 2 aromatic rings. The fourth-order valence-electron chi connectivity index (χ4n) is 2.05. The molecule has 0 aliphatic heterocycles. The zero-order valence-electron chi connectivity index (χ0n) is 13.4. The Labute approximate surface area is 160 Å². The van der Waals surface area contributed by atoms with Gasteiger partial charge in [-0.3, -0.25) is 14.9 Å². The van der Waals surface area contributed by atoms with Gasteiger partial charge in [0.15, 0.2) is 0 Å². The van der Waals surface area contributed by atoms with Crippen molar-refractivity contribution in [1.82, 2.24) is 0 Å². The van der Waals surface area contributed by atoms with Crippen molar-refractivity contribution >= 4 is 40.5 Å². The van der Waals surface area contributed by atoms with Gasteiger partial charge in [0.25, 0.3) is 11.6 Å². The second kappa shape index (κ2) is 7.32. The van der Waals surface area contributed by atoms with E-state index in [2.05, 4.69) is 5.32 Å². The predicted molar refractivity (Wildman–Crippen MR) is 92.0 cm³/mol. The molecular formula is C16H10Cl2F4N2O3. The number of hydrogen-bond donors (Lipinski definition) is 1. The summed E-state index contributed by atoms with van der Waals surface area (Å²) < 4.78 is 52.5. The van der Waals surface area contributed by atoms with Crippen molar-refractivity contribution in [2.24, 2.45) is 0 Å². The Morgan fingerprint density at radius 2 is 1.56 bits per heavy atom. The molecule has 0 saturated carbocycles. The number of nitrogens with zero attached hydrogens (tertiary/aromatic N) is 1. The Kier molecular flexibility index (Phi) is 5.67. The number of halogens is 6. The number of hydrogen-bond acceptors (Lipinski definition) is 3. The van der Waals surface area contributed by atoms with E-state index in [4.69, 9.17) is 23.2 Å². The lowest BCUT2D eigenvalue weighted by Crippen LogP contribution is -2.35. The summed E-state index contributed by atoms with van der Waals surface area (Å²) in [7, 11) is 0. The van der Waals surface area contributed by atoms with Gasteiger partial charge in [-0.05, 0) is 31.2 Å². The minimum Gasteiger partial charge on any atom is -0.319 e. The van der Waals surface area contributed by atoms with Crippen LogP contribution < -0.4 is 5.32 Å². The number of benzene rings is 2. The molecule has 2 rings (SSSR count). The molecule has 27 heavy (non-hydrogen) atoms. The minimum absolute atomic E-state index is 0.0161. The van der Waals surface area contributed by atoms with Crippen LogP contribution in [0.4, 0.5) is 28.9 Å². The van der Waals surface area contributed by atoms with Crippen LogP contribution in [0.1, 0.15) is 22.8 Å². The monoisotopic (exact) mass is 424 g/mol. The van der Waals surface area contributed by atoms with Gasteiger partial charge in [-0.15, -0.1) is 0 Å². The number of nitrogens with one attached hydrogen (secondary N) is 1. The van der Waals surface area contributed by atoms with Gasteiger partial charge in [-0.25, -0.2) is 4.39 Å². The van der Waals surface area contributed by atoms with Crippen LogP contribution in [0, 0.1) is 10.1 Å². The third-order valence-corrected chi connectivity index (χ3v) is 4.29. The number of nitro benzene ring substituents is 1. The molecular weight excluding hydrogens is 415 g/mol. The number of non-ortho nitro benzene ring substituents is 1. The van der Waals surface area contributed by atoms with Crippen LogP contribution in [-0.2, 0) is 5.67 Å². The van der Waals surface area contributed by atoms with Crippen molar-refractivity contribution in [3.63, 3.8) is 0 Å². The van der Waals surface area contributed by atoms with E-state index in [1.807, 2.05) is 0 Å². The first kappa shape index (κ1) is 20.9. The third kappa shape index (κ3) is 4.30. The fourth-order valence-corrected chi connectivity index (χ4v) is 2.63. The highest BCUT2D eigenvalue weighted by molar-refractivity contribution is 6.40. The number of carbonyl (C=O) groups is 1. The lowest BCUT2D eigenvalue weighted by Gasteiger charge is -2.25. The zero-order chi connectivity index (χ0) is 20.6. The van der Waals surface area contributed by atoms with E-state index in [-0.39, 0.29) is 16.9 Å². The molecule has 1 amide bonds. The number of nitro groups is 1. The summed E-state index contributed by atoms with van der Waals surface area (Å²) in [4.78, 5) is 22.1. The van der Waals surface area contributed by atoms with Gasteiger partial charge in [0.2, 0.25) is 5.67 Å². The molecule has 0 spiro atoms. The third-order valence-electron chi connectivity index (χ3n) is 3.70. The minimum atomic E-state index is -5.19. The van der Waals surface area contributed by atoms with Gasteiger partial charge >= 0.3 is 6.18 Å². The Bertz CT molecular complexity index is 877. The smallest absolute Gasteiger partial charge is 0.319 e. The van der Waals surface area contributed by atoms with Gasteiger partial charge in [0.1, 0.15) is 0 Å². The van der Waals surface area contributed by atoms with E-state index in [1.54, 1.807) is 0 Å². The molecule has 11 heteroatoms. The van der Waals surface area contributed by atoms with Crippen molar-refractivity contribution in [2.45, 2.75) is 18.8 Å². The van der Waals surface area contributed by atoms with Gasteiger partial charge < -0.3 is 5.32 Å². The molecule has 0 aliphatic rings. The van der Waals surface area contributed by atoms with E-state index in [9.17, 15) is 32.5 Å². The maximum Gasteiger partial charge on any atom is 0.426 e. The van der Waals surface area contributed by atoms with Crippen molar-refractivity contribution in [3.8, 4) is 0 Å². The zero-order valence-corrected chi connectivity index (χ0v) is 14.9. The molecule has 0 heterocycles. The average Bonchev–Trinajstić information content (AvgIpc) is 2.56. The van der Waals surface area contributed by atoms with E-state index >= 15 is 0 Å². The molecule has 0 fully saturated rings. The first-order chi connectivity index (χ1) is 12.3. The lowest BCUT2D eigenvalue weighted by atomic mass is 9.97. The maximum atomic E-state index is 14.1. The molecule has 0 bridgehead atoms. The number of anilines is 1. The average molecular weight is 425 g/mol. The molecule has 0 aliphatic carbocycles. The summed E-state index contributed by atoms with van der Waals surface area (Å²) in [6.45, 7) is 0.324. The van der Waals surface area contributed by atoms with E-state index in [1.165, 1.54) is 12.1 Å². The van der Waals surface area contributed by atoms with Crippen LogP contribution in [0.25, 0.3) is 0 Å². The van der Waals surface area contributed by atoms with Crippen LogP contribution in [0.3, 0.4) is 0 Å². The summed E-state index contributed by atoms with van der Waals surface area (Å²) >= 11 is 11.7. The highest BCUT2D eigenvalue weighted by atomic mass is 35.5. The van der Waals surface area contributed by atoms with Crippen molar-refractivity contribution in [1.29, 1.82) is 0 Å². The summed E-state index contributed by atoms with van der Waals surface area (Å²) in [5, 5.41) is 12.1. The second-order valence-corrected chi connectivity index (χ2v) is 6.39. The van der Waals surface area contributed by atoms with Gasteiger partial charge in [-0.2, -0.15) is 13.2 Å².